The molecule has 0 radical (unpaired) electrons. The zero-order valence-electron chi connectivity index (χ0n) is 18.0. The quantitative estimate of drug-likeness (QED) is 0.456. The summed E-state index contributed by atoms with van der Waals surface area (Å²) >= 11 is 5.02. The van der Waals surface area contributed by atoms with Crippen LogP contribution >= 0.6 is 27.7 Å². The lowest BCUT2D eigenvalue weighted by atomic mass is 10.1. The monoisotopic (exact) mass is 506 g/mol. The summed E-state index contributed by atoms with van der Waals surface area (Å²) < 4.78 is 18.3. The molecule has 166 valence electrons. The SMILES string of the molecule is CCOc1cc(C(=O)N2CCN=C2SCc2ccc(Br)cc2)cc(OCC)c1OCC. The van der Waals surface area contributed by atoms with Crippen molar-refractivity contribution in [2.75, 3.05) is 32.9 Å². The molecule has 0 bridgehead atoms. The minimum atomic E-state index is -0.121. The van der Waals surface area contributed by atoms with Crippen LogP contribution in [0.15, 0.2) is 45.9 Å². The Balaban J connectivity index is 1.81. The summed E-state index contributed by atoms with van der Waals surface area (Å²) in [7, 11) is 0. The Morgan fingerprint density at radius 1 is 1.03 bits per heavy atom. The van der Waals surface area contributed by atoms with E-state index in [-0.39, 0.29) is 5.91 Å². The van der Waals surface area contributed by atoms with Crippen molar-refractivity contribution in [3.05, 3.63) is 52.0 Å². The summed E-state index contributed by atoms with van der Waals surface area (Å²) in [6.45, 7) is 8.25. The van der Waals surface area contributed by atoms with Gasteiger partial charge < -0.3 is 14.2 Å². The molecular formula is C23H27BrN2O4S. The van der Waals surface area contributed by atoms with Crippen molar-refractivity contribution in [1.82, 2.24) is 4.90 Å². The summed E-state index contributed by atoms with van der Waals surface area (Å²) in [5, 5.41) is 0.734. The number of amides is 1. The first-order valence-electron chi connectivity index (χ1n) is 10.4. The molecule has 6 nitrogen and oxygen atoms in total. The first kappa shape index (κ1) is 23.5. The van der Waals surface area contributed by atoms with Crippen LogP contribution in [0.5, 0.6) is 17.2 Å². The Labute approximate surface area is 196 Å². The molecule has 2 aromatic carbocycles. The highest BCUT2D eigenvalue weighted by Crippen LogP contribution is 2.39. The van der Waals surface area contributed by atoms with Crippen LogP contribution in [-0.2, 0) is 5.75 Å². The van der Waals surface area contributed by atoms with Crippen LogP contribution in [0.4, 0.5) is 0 Å². The van der Waals surface area contributed by atoms with Crippen molar-refractivity contribution in [3.8, 4) is 17.2 Å². The molecule has 0 atom stereocenters. The fourth-order valence-corrected chi connectivity index (χ4v) is 4.40. The average Bonchev–Trinajstić information content (AvgIpc) is 3.24. The minimum Gasteiger partial charge on any atom is -0.490 e. The maximum Gasteiger partial charge on any atom is 0.260 e. The maximum absolute atomic E-state index is 13.4. The zero-order chi connectivity index (χ0) is 22.2. The molecule has 1 heterocycles. The molecule has 1 aliphatic heterocycles. The van der Waals surface area contributed by atoms with Gasteiger partial charge in [-0.3, -0.25) is 14.7 Å². The minimum absolute atomic E-state index is 0.121. The predicted molar refractivity (Wildman–Crippen MR) is 129 cm³/mol. The molecule has 0 saturated carbocycles. The maximum atomic E-state index is 13.4. The number of carbonyl (C=O) groups excluding carboxylic acids is 1. The fourth-order valence-electron chi connectivity index (χ4n) is 3.14. The number of ether oxygens (including phenoxy) is 3. The molecule has 1 amide bonds. The first-order chi connectivity index (χ1) is 15.1. The van der Waals surface area contributed by atoms with Crippen molar-refractivity contribution in [2.24, 2.45) is 4.99 Å². The van der Waals surface area contributed by atoms with E-state index in [0.717, 1.165) is 15.4 Å². The molecule has 0 unspecified atom stereocenters. The Morgan fingerprint density at radius 2 is 1.65 bits per heavy atom. The molecule has 2 aromatic rings. The van der Waals surface area contributed by atoms with Gasteiger partial charge in [-0.25, -0.2) is 0 Å². The summed E-state index contributed by atoms with van der Waals surface area (Å²) in [4.78, 5) is 19.6. The lowest BCUT2D eigenvalue weighted by molar-refractivity contribution is 0.0859. The van der Waals surface area contributed by atoms with E-state index < -0.39 is 0 Å². The smallest absolute Gasteiger partial charge is 0.260 e. The van der Waals surface area contributed by atoms with Gasteiger partial charge in [0.2, 0.25) is 5.75 Å². The number of thioether (sulfide) groups is 1. The van der Waals surface area contributed by atoms with Gasteiger partial charge in [0.05, 0.1) is 26.4 Å². The van der Waals surface area contributed by atoms with E-state index in [1.807, 2.05) is 32.9 Å². The molecular weight excluding hydrogens is 480 g/mol. The van der Waals surface area contributed by atoms with Gasteiger partial charge in [0.15, 0.2) is 16.7 Å². The van der Waals surface area contributed by atoms with Crippen LogP contribution in [-0.4, -0.2) is 48.9 Å². The highest BCUT2D eigenvalue weighted by Gasteiger charge is 2.27. The van der Waals surface area contributed by atoms with Crippen LogP contribution in [0.25, 0.3) is 0 Å². The number of amidine groups is 1. The molecule has 0 fully saturated rings. The van der Waals surface area contributed by atoms with Crippen molar-refractivity contribution >= 4 is 38.8 Å². The van der Waals surface area contributed by atoms with E-state index >= 15 is 0 Å². The van der Waals surface area contributed by atoms with Crippen molar-refractivity contribution < 1.29 is 19.0 Å². The topological polar surface area (TPSA) is 60.4 Å². The number of aliphatic imine (C=N–C) groups is 1. The van der Waals surface area contributed by atoms with Gasteiger partial charge in [-0.05, 0) is 50.6 Å². The number of nitrogens with zero attached hydrogens (tertiary/aromatic N) is 2. The lowest BCUT2D eigenvalue weighted by Gasteiger charge is -2.21. The Kier molecular flexibility index (Phi) is 8.66. The average molecular weight is 507 g/mol. The van der Waals surface area contributed by atoms with E-state index in [9.17, 15) is 4.79 Å². The van der Waals surface area contributed by atoms with E-state index in [1.165, 1.54) is 5.56 Å². The van der Waals surface area contributed by atoms with Crippen LogP contribution in [0.2, 0.25) is 0 Å². The summed E-state index contributed by atoms with van der Waals surface area (Å²) in [5.74, 6) is 2.18. The summed E-state index contributed by atoms with van der Waals surface area (Å²) in [5.41, 5.74) is 1.67. The summed E-state index contributed by atoms with van der Waals surface area (Å²) in [6, 6.07) is 11.6. The third kappa shape index (κ3) is 5.95. The molecule has 0 aromatic heterocycles. The van der Waals surface area contributed by atoms with E-state index in [2.05, 4.69) is 33.1 Å². The number of rotatable bonds is 9. The van der Waals surface area contributed by atoms with E-state index in [1.54, 1.807) is 28.8 Å². The highest BCUT2D eigenvalue weighted by atomic mass is 79.9. The zero-order valence-corrected chi connectivity index (χ0v) is 20.4. The van der Waals surface area contributed by atoms with Gasteiger partial charge in [-0.2, -0.15) is 0 Å². The number of hydrogen-bond acceptors (Lipinski definition) is 6. The Morgan fingerprint density at radius 3 is 2.23 bits per heavy atom. The Hall–Kier alpha value is -2.19. The van der Waals surface area contributed by atoms with E-state index in [4.69, 9.17) is 14.2 Å². The largest absolute Gasteiger partial charge is 0.490 e. The van der Waals surface area contributed by atoms with Gasteiger partial charge >= 0.3 is 0 Å². The third-order valence-electron chi connectivity index (χ3n) is 4.48. The molecule has 3 rings (SSSR count). The van der Waals surface area contributed by atoms with Gasteiger partial charge in [-0.1, -0.05) is 39.8 Å². The second kappa shape index (κ2) is 11.4. The lowest BCUT2D eigenvalue weighted by Crippen LogP contribution is -2.33. The standard InChI is InChI=1S/C23H27BrN2O4S/c1-4-28-19-13-17(14-20(29-5-2)21(19)30-6-3)22(27)26-12-11-25-23(26)31-15-16-7-9-18(24)10-8-16/h7-10,13-14H,4-6,11-12,15H2,1-3H3. The van der Waals surface area contributed by atoms with Crippen molar-refractivity contribution in [2.45, 2.75) is 26.5 Å². The second-order valence-corrected chi connectivity index (χ2v) is 8.50. The predicted octanol–water partition coefficient (Wildman–Crippen LogP) is 5.39. The third-order valence-corrected chi connectivity index (χ3v) is 6.10. The molecule has 1 aliphatic rings. The second-order valence-electron chi connectivity index (χ2n) is 6.64. The van der Waals surface area contributed by atoms with E-state index in [0.29, 0.717) is 55.7 Å². The number of carbonyl (C=O) groups is 1. The Bertz CT molecular complexity index is 907. The summed E-state index contributed by atoms with van der Waals surface area (Å²) in [6.07, 6.45) is 0. The fraction of sp³-hybridized carbons (Fsp3) is 0.391. The number of benzene rings is 2. The molecule has 31 heavy (non-hydrogen) atoms. The van der Waals surface area contributed by atoms with Gasteiger partial charge in [0, 0.05) is 22.3 Å². The van der Waals surface area contributed by atoms with Crippen molar-refractivity contribution in [1.29, 1.82) is 0 Å². The van der Waals surface area contributed by atoms with Gasteiger partial charge in [-0.15, -0.1) is 0 Å². The number of halogens is 1. The molecule has 0 aliphatic carbocycles. The van der Waals surface area contributed by atoms with Crippen LogP contribution in [0.3, 0.4) is 0 Å². The first-order valence-corrected chi connectivity index (χ1v) is 12.1. The van der Waals surface area contributed by atoms with Gasteiger partial charge in [0.25, 0.3) is 5.91 Å². The molecule has 8 heteroatoms. The van der Waals surface area contributed by atoms with Crippen molar-refractivity contribution in [3.63, 3.8) is 0 Å². The van der Waals surface area contributed by atoms with Crippen LogP contribution in [0, 0.1) is 0 Å². The molecule has 0 spiro atoms. The normalized spacial score (nSPS) is 13.2. The molecule has 0 N–H and O–H groups in total. The van der Waals surface area contributed by atoms with Crippen LogP contribution < -0.4 is 14.2 Å². The van der Waals surface area contributed by atoms with Gasteiger partial charge in [0.1, 0.15) is 0 Å². The number of hydrogen-bond donors (Lipinski definition) is 0. The molecule has 0 saturated heterocycles. The highest BCUT2D eigenvalue weighted by molar-refractivity contribution is 9.10. The van der Waals surface area contributed by atoms with Crippen LogP contribution in [0.1, 0.15) is 36.7 Å².